The molecule has 0 saturated carbocycles. The van der Waals surface area contributed by atoms with E-state index in [0.29, 0.717) is 0 Å². The second-order valence-corrected chi connectivity index (χ2v) is 4.88. The van der Waals surface area contributed by atoms with Crippen LogP contribution in [-0.4, -0.2) is 14.5 Å². The fraction of sp³-hybridized carbons (Fsp3) is 0.333. The summed E-state index contributed by atoms with van der Waals surface area (Å²) in [5.41, 5.74) is 0.908. The van der Waals surface area contributed by atoms with Crippen LogP contribution in [-0.2, 0) is 21.3 Å². The topological polar surface area (TPSA) is 46.5 Å². The Hall–Kier alpha value is -0.710. The molecule has 0 bridgehead atoms. The van der Waals surface area contributed by atoms with Crippen molar-refractivity contribution in [1.29, 1.82) is 0 Å². The molecule has 0 radical (unpaired) electrons. The minimum Gasteiger partial charge on any atom is -0.309 e. The van der Waals surface area contributed by atoms with E-state index in [0.717, 1.165) is 5.56 Å². The molecule has 3 nitrogen and oxygen atoms in total. The van der Waals surface area contributed by atoms with Gasteiger partial charge in [0.2, 0.25) is 0 Å². The molecule has 0 aromatic heterocycles. The van der Waals surface area contributed by atoms with Gasteiger partial charge in [-0.05, 0) is 5.56 Å². The van der Waals surface area contributed by atoms with Gasteiger partial charge >= 0.3 is 0 Å². The molecular formula is C9H14O3S. The maximum absolute atomic E-state index is 11.1. The summed E-state index contributed by atoms with van der Waals surface area (Å²) in [6, 6.07) is 9.34. The molecule has 1 N–H and O–H groups in total. The Morgan fingerprint density at radius 1 is 1.38 bits per heavy atom. The van der Waals surface area contributed by atoms with E-state index in [1.807, 2.05) is 30.3 Å². The molecule has 0 heterocycles. The zero-order chi connectivity index (χ0) is 9.73. The molecule has 0 aliphatic carbocycles. The van der Waals surface area contributed by atoms with Crippen LogP contribution in [0.3, 0.4) is 0 Å². The van der Waals surface area contributed by atoms with Crippen molar-refractivity contribution in [2.45, 2.75) is 13.5 Å². The summed E-state index contributed by atoms with van der Waals surface area (Å²) in [5.74, 6) is 0.153. The minimum absolute atomic E-state index is 0.153. The van der Waals surface area contributed by atoms with Crippen molar-refractivity contribution in [3.63, 3.8) is 0 Å². The van der Waals surface area contributed by atoms with Gasteiger partial charge in [0.15, 0.2) is 0 Å². The van der Waals surface area contributed by atoms with E-state index in [9.17, 15) is 4.21 Å². The van der Waals surface area contributed by atoms with E-state index in [4.69, 9.17) is 8.74 Å². The van der Waals surface area contributed by atoms with Crippen molar-refractivity contribution in [2.75, 3.05) is 5.75 Å². The molecule has 4 heteroatoms. The normalized spacial score (nSPS) is 12.8. The van der Waals surface area contributed by atoms with Gasteiger partial charge in [-0.1, -0.05) is 37.3 Å². The van der Waals surface area contributed by atoms with Crippen LogP contribution in [0.2, 0.25) is 0 Å². The highest BCUT2D eigenvalue weighted by Crippen LogP contribution is 2.07. The average Bonchev–Trinajstić information content (AvgIpc) is 2.17. The highest BCUT2D eigenvalue weighted by atomic mass is 32.3. The monoisotopic (exact) mass is 202 g/mol. The van der Waals surface area contributed by atoms with Crippen LogP contribution in [0.15, 0.2) is 30.3 Å². The third kappa shape index (κ3) is 3.67. The van der Waals surface area contributed by atoms with E-state index in [2.05, 4.69) is 0 Å². The number of thiol groups is 1. The third-order valence-electron chi connectivity index (χ3n) is 1.68. The van der Waals surface area contributed by atoms with Crippen molar-refractivity contribution in [2.24, 2.45) is 0 Å². The van der Waals surface area contributed by atoms with E-state index in [1.54, 1.807) is 6.92 Å². The van der Waals surface area contributed by atoms with Gasteiger partial charge in [0.05, 0.1) is 17.1 Å². The Kier molecular flexibility index (Phi) is 3.59. The molecule has 0 unspecified atom stereocenters. The van der Waals surface area contributed by atoms with Gasteiger partial charge in [-0.3, -0.25) is 4.18 Å². The van der Waals surface area contributed by atoms with Crippen LogP contribution in [0, 0.1) is 0 Å². The zero-order valence-electron chi connectivity index (χ0n) is 7.51. The molecule has 0 aliphatic rings. The Bertz CT molecular complexity index is 297. The van der Waals surface area contributed by atoms with Crippen molar-refractivity contribution in [1.82, 2.24) is 0 Å². The first-order valence-corrected chi connectivity index (χ1v) is 5.90. The lowest BCUT2D eigenvalue weighted by atomic mass is 10.2. The molecule has 1 rings (SSSR count). The molecule has 0 spiro atoms. The van der Waals surface area contributed by atoms with Gasteiger partial charge in [-0.15, -0.1) is 0 Å². The molecule has 0 fully saturated rings. The van der Waals surface area contributed by atoms with Crippen LogP contribution in [0.1, 0.15) is 12.5 Å². The third-order valence-corrected chi connectivity index (χ3v) is 3.01. The Morgan fingerprint density at radius 2 is 2.00 bits per heavy atom. The molecule has 0 aliphatic heterocycles. The second kappa shape index (κ2) is 4.50. The lowest BCUT2D eigenvalue weighted by molar-refractivity contribution is 0.279. The summed E-state index contributed by atoms with van der Waals surface area (Å²) in [6.45, 7) is 1.83. The molecule has 1 aromatic carbocycles. The Labute approximate surface area is 79.2 Å². The lowest BCUT2D eigenvalue weighted by Gasteiger charge is -2.15. The largest absolute Gasteiger partial charge is 0.309 e. The van der Waals surface area contributed by atoms with Gasteiger partial charge in [0.25, 0.3) is 0 Å². The summed E-state index contributed by atoms with van der Waals surface area (Å²) in [5, 5.41) is 0. The first-order valence-electron chi connectivity index (χ1n) is 4.14. The molecule has 74 valence electrons. The summed E-state index contributed by atoms with van der Waals surface area (Å²) < 4.78 is 25.1. The predicted octanol–water partition coefficient (Wildman–Crippen LogP) is 1.63. The standard InChI is InChI=1S/C9H14O3S/c1-2-13(10,11)12-8-9-6-4-3-5-7-9/h3-7,13H,2,8H2,1H3,(H,10,11). The zero-order valence-corrected chi connectivity index (χ0v) is 8.41. The Balaban J connectivity index is 2.49. The van der Waals surface area contributed by atoms with Crippen LogP contribution in [0.4, 0.5) is 0 Å². The number of hydrogen-bond acceptors (Lipinski definition) is 2. The van der Waals surface area contributed by atoms with Crippen molar-refractivity contribution < 1.29 is 12.9 Å². The summed E-state index contributed by atoms with van der Waals surface area (Å²) in [4.78, 5) is 0. The Morgan fingerprint density at radius 3 is 2.54 bits per heavy atom. The maximum Gasteiger partial charge on any atom is 0.0890 e. The number of rotatable bonds is 4. The van der Waals surface area contributed by atoms with E-state index < -0.39 is 10.5 Å². The van der Waals surface area contributed by atoms with Crippen LogP contribution >= 0.6 is 0 Å². The van der Waals surface area contributed by atoms with Crippen LogP contribution in [0.5, 0.6) is 0 Å². The summed E-state index contributed by atoms with van der Waals surface area (Å²) in [6.07, 6.45) is 0. The molecular weight excluding hydrogens is 188 g/mol. The lowest BCUT2D eigenvalue weighted by Crippen LogP contribution is -2.16. The molecule has 13 heavy (non-hydrogen) atoms. The fourth-order valence-electron chi connectivity index (χ4n) is 0.841. The number of benzene rings is 1. The molecule has 0 atom stereocenters. The van der Waals surface area contributed by atoms with E-state index in [1.165, 1.54) is 0 Å². The second-order valence-electron chi connectivity index (χ2n) is 2.71. The average molecular weight is 202 g/mol. The van der Waals surface area contributed by atoms with Gasteiger partial charge < -0.3 is 4.55 Å². The number of hydrogen-bond donors (Lipinski definition) is 2. The fourth-order valence-corrected chi connectivity index (χ4v) is 1.37. The van der Waals surface area contributed by atoms with E-state index in [-0.39, 0.29) is 12.4 Å². The minimum atomic E-state index is -3.34. The SMILES string of the molecule is CC[SH](=O)(O)OCc1ccccc1. The molecule has 0 saturated heterocycles. The van der Waals surface area contributed by atoms with Gasteiger partial charge in [-0.2, -0.15) is 0 Å². The van der Waals surface area contributed by atoms with Crippen molar-refractivity contribution in [3.05, 3.63) is 35.9 Å². The highest BCUT2D eigenvalue weighted by Gasteiger charge is 2.05. The van der Waals surface area contributed by atoms with Gasteiger partial charge in [0, 0.05) is 5.75 Å². The smallest absolute Gasteiger partial charge is 0.0890 e. The van der Waals surface area contributed by atoms with Crippen molar-refractivity contribution in [3.8, 4) is 0 Å². The van der Waals surface area contributed by atoms with Gasteiger partial charge in [0.1, 0.15) is 0 Å². The van der Waals surface area contributed by atoms with Crippen LogP contribution in [0.25, 0.3) is 0 Å². The summed E-state index contributed by atoms with van der Waals surface area (Å²) in [7, 11) is -3.34. The highest BCUT2D eigenvalue weighted by molar-refractivity contribution is 7.93. The van der Waals surface area contributed by atoms with E-state index >= 15 is 0 Å². The first-order chi connectivity index (χ1) is 6.14. The van der Waals surface area contributed by atoms with Crippen molar-refractivity contribution >= 4 is 10.5 Å². The summed E-state index contributed by atoms with van der Waals surface area (Å²) >= 11 is 0. The quantitative estimate of drug-likeness (QED) is 0.729. The first kappa shape index (κ1) is 10.4. The maximum atomic E-state index is 11.1. The predicted molar refractivity (Wildman–Crippen MR) is 53.9 cm³/mol. The molecule has 0 amide bonds. The van der Waals surface area contributed by atoms with Gasteiger partial charge in [-0.25, -0.2) is 4.21 Å². The van der Waals surface area contributed by atoms with Crippen LogP contribution < -0.4 is 0 Å². The molecule has 1 aromatic rings.